The summed E-state index contributed by atoms with van der Waals surface area (Å²) in [6, 6.07) is 2.14. The highest BCUT2D eigenvalue weighted by Crippen LogP contribution is 2.32. The van der Waals surface area contributed by atoms with Crippen LogP contribution in [0.25, 0.3) is 0 Å². The molecule has 6 nitrogen and oxygen atoms in total. The molecule has 2 heterocycles. The summed E-state index contributed by atoms with van der Waals surface area (Å²) in [6.07, 6.45) is 4.44. The van der Waals surface area contributed by atoms with Crippen LogP contribution in [0.1, 0.15) is 45.4 Å². The lowest BCUT2D eigenvalue weighted by molar-refractivity contribution is -0.124. The molecule has 0 bridgehead atoms. The van der Waals surface area contributed by atoms with Crippen molar-refractivity contribution in [3.8, 4) is 6.07 Å². The van der Waals surface area contributed by atoms with Crippen LogP contribution >= 0.6 is 0 Å². The fourth-order valence-electron chi connectivity index (χ4n) is 4.26. The van der Waals surface area contributed by atoms with Crippen molar-refractivity contribution in [3.05, 3.63) is 11.6 Å². The Balaban J connectivity index is 1.54. The van der Waals surface area contributed by atoms with E-state index in [0.717, 1.165) is 25.7 Å². The predicted molar refractivity (Wildman–Crippen MR) is 94.6 cm³/mol. The van der Waals surface area contributed by atoms with Gasteiger partial charge in [-0.05, 0) is 39.0 Å². The Morgan fingerprint density at radius 1 is 1.42 bits per heavy atom. The topological polar surface area (TPSA) is 94.0 Å². The Morgan fingerprint density at radius 3 is 2.92 bits per heavy atom. The largest absolute Gasteiger partial charge is 0.352 e. The van der Waals surface area contributed by atoms with Gasteiger partial charge in [0.1, 0.15) is 6.17 Å². The standard InChI is InChI=1S/C19H27FN4O2/c1-11(16-6-5-12(9-21)10-22-16)23-18(25)8-13-7-14-15(20)3-2-4-17(14)24-19(13)26/h7,11-12,14-17,22H,2-6,8,10H2,1H3,(H,23,25)(H,24,26)/t11-,12?,14?,15?,16?,17?/m0/s1. The lowest BCUT2D eigenvalue weighted by Crippen LogP contribution is -2.52. The maximum absolute atomic E-state index is 14.1. The number of halogens is 1. The zero-order valence-corrected chi connectivity index (χ0v) is 15.1. The number of fused-ring (bicyclic) bond motifs is 1. The minimum absolute atomic E-state index is 0.0281. The number of nitriles is 1. The second-order valence-electron chi connectivity index (χ2n) is 7.75. The van der Waals surface area contributed by atoms with E-state index in [1.165, 1.54) is 0 Å². The molecular weight excluding hydrogens is 335 g/mol. The van der Waals surface area contributed by atoms with Crippen molar-refractivity contribution in [1.82, 2.24) is 16.0 Å². The summed E-state index contributed by atoms with van der Waals surface area (Å²) in [7, 11) is 0. The lowest BCUT2D eigenvalue weighted by Gasteiger charge is -2.36. The molecule has 0 aromatic carbocycles. The number of nitrogens with zero attached hydrogens (tertiary/aromatic N) is 1. The van der Waals surface area contributed by atoms with Crippen molar-refractivity contribution >= 4 is 11.8 Å². The van der Waals surface area contributed by atoms with Crippen molar-refractivity contribution in [3.63, 3.8) is 0 Å². The van der Waals surface area contributed by atoms with Gasteiger partial charge in [-0.1, -0.05) is 6.08 Å². The molecule has 0 aromatic rings. The van der Waals surface area contributed by atoms with E-state index in [2.05, 4.69) is 22.0 Å². The van der Waals surface area contributed by atoms with Crippen molar-refractivity contribution in [2.75, 3.05) is 6.54 Å². The van der Waals surface area contributed by atoms with E-state index in [9.17, 15) is 14.0 Å². The molecule has 0 radical (unpaired) electrons. The lowest BCUT2D eigenvalue weighted by atomic mass is 9.79. The summed E-state index contributed by atoms with van der Waals surface area (Å²) < 4.78 is 14.1. The van der Waals surface area contributed by atoms with Crippen LogP contribution in [0.4, 0.5) is 4.39 Å². The van der Waals surface area contributed by atoms with E-state index in [1.54, 1.807) is 6.08 Å². The summed E-state index contributed by atoms with van der Waals surface area (Å²) in [5.74, 6) is -0.768. The van der Waals surface area contributed by atoms with Crippen molar-refractivity contribution < 1.29 is 14.0 Å². The number of hydrogen-bond donors (Lipinski definition) is 3. The third-order valence-corrected chi connectivity index (χ3v) is 5.86. The van der Waals surface area contributed by atoms with E-state index in [4.69, 9.17) is 5.26 Å². The quantitative estimate of drug-likeness (QED) is 0.703. The maximum atomic E-state index is 14.1. The van der Waals surface area contributed by atoms with E-state index >= 15 is 0 Å². The SMILES string of the molecule is C[C@H](NC(=O)CC1=CC2C(F)CCCC2NC1=O)C1CCC(C#N)CN1. The number of rotatable bonds is 4. The number of piperidine rings is 1. The fraction of sp³-hybridized carbons (Fsp3) is 0.737. The van der Waals surface area contributed by atoms with Gasteiger partial charge in [0.2, 0.25) is 11.8 Å². The van der Waals surface area contributed by atoms with Gasteiger partial charge in [-0.15, -0.1) is 0 Å². The van der Waals surface area contributed by atoms with Gasteiger partial charge >= 0.3 is 0 Å². The molecule has 3 N–H and O–H groups in total. The predicted octanol–water partition coefficient (Wildman–Crippen LogP) is 1.34. The van der Waals surface area contributed by atoms with Gasteiger partial charge in [-0.3, -0.25) is 9.59 Å². The molecule has 7 heteroatoms. The van der Waals surface area contributed by atoms with E-state index < -0.39 is 6.17 Å². The van der Waals surface area contributed by atoms with Crippen molar-refractivity contribution in [2.45, 2.75) is 69.7 Å². The molecule has 0 aromatic heterocycles. The molecule has 2 aliphatic heterocycles. The highest BCUT2D eigenvalue weighted by Gasteiger charge is 2.37. The fourth-order valence-corrected chi connectivity index (χ4v) is 4.26. The molecule has 1 saturated heterocycles. The molecule has 6 atom stereocenters. The summed E-state index contributed by atoms with van der Waals surface area (Å²) in [6.45, 7) is 2.56. The minimum Gasteiger partial charge on any atom is -0.352 e. The van der Waals surface area contributed by atoms with E-state index in [0.29, 0.717) is 18.5 Å². The molecule has 3 aliphatic rings. The van der Waals surface area contributed by atoms with Crippen LogP contribution in [0.5, 0.6) is 0 Å². The first-order valence-corrected chi connectivity index (χ1v) is 9.56. The summed E-state index contributed by atoms with van der Waals surface area (Å²) in [4.78, 5) is 24.6. The number of nitrogens with one attached hydrogen (secondary N) is 3. The zero-order valence-electron chi connectivity index (χ0n) is 15.1. The van der Waals surface area contributed by atoms with Gasteiger partial charge in [-0.25, -0.2) is 4.39 Å². The average molecular weight is 362 g/mol. The maximum Gasteiger partial charge on any atom is 0.247 e. The minimum atomic E-state index is -0.953. The van der Waals surface area contributed by atoms with Crippen molar-refractivity contribution in [2.24, 2.45) is 11.8 Å². The Morgan fingerprint density at radius 2 is 2.23 bits per heavy atom. The molecule has 2 fully saturated rings. The molecular formula is C19H27FN4O2. The van der Waals surface area contributed by atoms with Gasteiger partial charge in [0.25, 0.3) is 0 Å². The average Bonchev–Trinajstić information content (AvgIpc) is 2.63. The Labute approximate surface area is 153 Å². The van der Waals surface area contributed by atoms with Crippen LogP contribution in [0.2, 0.25) is 0 Å². The molecule has 2 amide bonds. The summed E-state index contributed by atoms with van der Waals surface area (Å²) in [5, 5.41) is 18.0. The molecule has 0 spiro atoms. The van der Waals surface area contributed by atoms with Crippen molar-refractivity contribution in [1.29, 1.82) is 5.26 Å². The third-order valence-electron chi connectivity index (χ3n) is 5.86. The number of amides is 2. The molecule has 3 rings (SSSR count). The van der Waals surface area contributed by atoms with Gasteiger partial charge < -0.3 is 16.0 Å². The van der Waals surface area contributed by atoms with Gasteiger partial charge in [-0.2, -0.15) is 5.26 Å². The second-order valence-corrected chi connectivity index (χ2v) is 7.75. The summed E-state index contributed by atoms with van der Waals surface area (Å²) >= 11 is 0. The molecule has 26 heavy (non-hydrogen) atoms. The van der Waals surface area contributed by atoms with E-state index in [-0.39, 0.29) is 48.2 Å². The highest BCUT2D eigenvalue weighted by molar-refractivity contribution is 5.99. The van der Waals surface area contributed by atoms with Crippen LogP contribution < -0.4 is 16.0 Å². The number of alkyl halides is 1. The van der Waals surface area contributed by atoms with E-state index in [1.807, 2.05) is 6.92 Å². The van der Waals surface area contributed by atoms with Crippen LogP contribution in [-0.2, 0) is 9.59 Å². The molecule has 1 saturated carbocycles. The Bertz CT molecular complexity index is 622. The number of carbonyl (C=O) groups excluding carboxylic acids is 2. The smallest absolute Gasteiger partial charge is 0.247 e. The first kappa shape index (κ1) is 18.8. The zero-order chi connectivity index (χ0) is 18.7. The second kappa shape index (κ2) is 8.17. The third kappa shape index (κ3) is 4.24. The highest BCUT2D eigenvalue weighted by atomic mass is 19.1. The summed E-state index contributed by atoms with van der Waals surface area (Å²) in [5.41, 5.74) is 0.363. The van der Waals surface area contributed by atoms with Gasteiger partial charge in [0.05, 0.1) is 18.4 Å². The molecule has 142 valence electrons. The van der Waals surface area contributed by atoms with Crippen LogP contribution in [0.3, 0.4) is 0 Å². The van der Waals surface area contributed by atoms with Gasteiger partial charge in [0, 0.05) is 36.2 Å². The number of carbonyl (C=O) groups is 2. The first-order valence-electron chi connectivity index (χ1n) is 9.56. The molecule has 5 unspecified atom stereocenters. The van der Waals surface area contributed by atoms with Crippen LogP contribution in [0.15, 0.2) is 11.6 Å². The van der Waals surface area contributed by atoms with Crippen LogP contribution in [0, 0.1) is 23.2 Å². The van der Waals surface area contributed by atoms with Crippen LogP contribution in [-0.4, -0.2) is 42.7 Å². The van der Waals surface area contributed by atoms with Gasteiger partial charge in [0.15, 0.2) is 0 Å². The first-order chi connectivity index (χ1) is 12.5. The Hall–Kier alpha value is -1.94. The normalized spacial score (nSPS) is 35.3. The Kier molecular flexibility index (Phi) is 5.92. The number of hydrogen-bond acceptors (Lipinski definition) is 4. The molecule has 1 aliphatic carbocycles. The monoisotopic (exact) mass is 362 g/mol.